The van der Waals surface area contributed by atoms with Crippen LogP contribution in [-0.4, -0.2) is 17.5 Å². The van der Waals surface area contributed by atoms with E-state index in [0.717, 1.165) is 29.1 Å². The Hall–Kier alpha value is -2.66. The third-order valence-corrected chi connectivity index (χ3v) is 5.69. The molecule has 3 N–H and O–H groups in total. The molecule has 6 heteroatoms. The Morgan fingerprint density at radius 3 is 2.66 bits per heavy atom. The zero-order valence-corrected chi connectivity index (χ0v) is 17.6. The summed E-state index contributed by atoms with van der Waals surface area (Å²) in [6.45, 7) is 6.47. The maximum Gasteiger partial charge on any atom is 0.176 e. The van der Waals surface area contributed by atoms with E-state index in [1.54, 1.807) is 12.1 Å². The summed E-state index contributed by atoms with van der Waals surface area (Å²) in [4.78, 5) is 13.2. The van der Waals surface area contributed by atoms with Crippen molar-refractivity contribution in [2.75, 3.05) is 17.2 Å². The number of halogens is 1. The van der Waals surface area contributed by atoms with Gasteiger partial charge in [0.15, 0.2) is 17.3 Å². The third kappa shape index (κ3) is 3.67. The van der Waals surface area contributed by atoms with Crippen molar-refractivity contribution in [3.05, 3.63) is 58.3 Å². The molecule has 0 bridgehead atoms. The van der Waals surface area contributed by atoms with Crippen LogP contribution in [0.2, 0.25) is 5.02 Å². The van der Waals surface area contributed by atoms with E-state index >= 15 is 0 Å². The number of para-hydroxylation sites is 2. The topological polar surface area (TPSA) is 70.6 Å². The van der Waals surface area contributed by atoms with Gasteiger partial charge in [-0.3, -0.25) is 4.79 Å². The van der Waals surface area contributed by atoms with E-state index in [0.29, 0.717) is 24.4 Å². The van der Waals surface area contributed by atoms with E-state index in [-0.39, 0.29) is 22.0 Å². The summed E-state index contributed by atoms with van der Waals surface area (Å²) in [6.07, 6.45) is 1.25. The van der Waals surface area contributed by atoms with Gasteiger partial charge in [-0.15, -0.1) is 0 Å². The summed E-state index contributed by atoms with van der Waals surface area (Å²) in [5, 5.41) is 17.5. The molecule has 0 saturated carbocycles. The SMILES string of the molecule is CCOc1cc([C@@H]2Nc3ccccc3NC3=C2C(=O)CC(C)(C)C3)cc(Cl)c1O. The standard InChI is InChI=1S/C23H25ClN2O3/c1-4-29-19-10-13(9-14(24)22(19)28)21-20-17(11-23(2,3)12-18(20)27)25-15-7-5-6-8-16(15)26-21/h5-10,21,25-26,28H,4,11-12H2,1-3H3/t21-/m0/s1. The maximum absolute atomic E-state index is 13.2. The molecule has 0 radical (unpaired) electrons. The number of carbonyl (C=O) groups is 1. The zero-order valence-electron chi connectivity index (χ0n) is 16.8. The van der Waals surface area contributed by atoms with Gasteiger partial charge in [-0.2, -0.15) is 0 Å². The molecule has 1 heterocycles. The molecular weight excluding hydrogens is 388 g/mol. The van der Waals surface area contributed by atoms with Crippen LogP contribution in [0, 0.1) is 5.41 Å². The van der Waals surface area contributed by atoms with Gasteiger partial charge in [0.1, 0.15) is 0 Å². The number of ketones is 1. The molecule has 0 unspecified atom stereocenters. The summed E-state index contributed by atoms with van der Waals surface area (Å²) in [5.41, 5.74) is 4.13. The number of aromatic hydroxyl groups is 1. The second-order valence-electron chi connectivity index (χ2n) is 8.36. The largest absolute Gasteiger partial charge is 0.503 e. The van der Waals surface area contributed by atoms with Gasteiger partial charge in [-0.25, -0.2) is 0 Å². The van der Waals surface area contributed by atoms with Crippen LogP contribution in [0.4, 0.5) is 11.4 Å². The van der Waals surface area contributed by atoms with Crippen LogP contribution in [0.5, 0.6) is 11.5 Å². The number of nitrogens with one attached hydrogen (secondary N) is 2. The van der Waals surface area contributed by atoms with Crippen LogP contribution in [0.15, 0.2) is 47.7 Å². The van der Waals surface area contributed by atoms with E-state index in [2.05, 4.69) is 24.5 Å². The highest BCUT2D eigenvalue weighted by Gasteiger charge is 2.39. The van der Waals surface area contributed by atoms with Crippen LogP contribution >= 0.6 is 11.6 Å². The molecule has 2 aromatic carbocycles. The summed E-state index contributed by atoms with van der Waals surface area (Å²) < 4.78 is 5.57. The number of fused-ring (bicyclic) bond motifs is 1. The monoisotopic (exact) mass is 412 g/mol. The lowest BCUT2D eigenvalue weighted by atomic mass is 9.73. The minimum atomic E-state index is -0.401. The summed E-state index contributed by atoms with van der Waals surface area (Å²) in [5.74, 6) is 0.332. The predicted molar refractivity (Wildman–Crippen MR) is 116 cm³/mol. The molecule has 2 aliphatic rings. The molecule has 0 amide bonds. The number of hydrogen-bond acceptors (Lipinski definition) is 5. The highest BCUT2D eigenvalue weighted by atomic mass is 35.5. The van der Waals surface area contributed by atoms with E-state index in [4.69, 9.17) is 16.3 Å². The van der Waals surface area contributed by atoms with Gasteiger partial charge in [-0.05, 0) is 48.6 Å². The van der Waals surface area contributed by atoms with E-state index in [9.17, 15) is 9.90 Å². The van der Waals surface area contributed by atoms with Crippen LogP contribution in [0.1, 0.15) is 45.2 Å². The Labute approximate surface area is 175 Å². The molecule has 1 atom stereocenters. The second-order valence-corrected chi connectivity index (χ2v) is 8.77. The van der Waals surface area contributed by atoms with E-state index < -0.39 is 6.04 Å². The second kappa shape index (κ2) is 7.30. The minimum Gasteiger partial charge on any atom is -0.503 e. The summed E-state index contributed by atoms with van der Waals surface area (Å²) in [6, 6.07) is 11.0. The first-order valence-corrected chi connectivity index (χ1v) is 10.2. The lowest BCUT2D eigenvalue weighted by Crippen LogP contribution is -2.31. The number of carbonyl (C=O) groups excluding carboxylic acids is 1. The first-order valence-electron chi connectivity index (χ1n) is 9.83. The normalized spacial score (nSPS) is 20.1. The molecule has 4 rings (SSSR count). The Bertz CT molecular complexity index is 1010. The average molecular weight is 413 g/mol. The first-order chi connectivity index (χ1) is 13.8. The van der Waals surface area contributed by atoms with Crippen molar-refractivity contribution >= 4 is 28.8 Å². The average Bonchev–Trinajstić information content (AvgIpc) is 2.80. The number of phenols is 1. The molecule has 0 spiro atoms. The van der Waals surface area contributed by atoms with Crippen LogP contribution in [0.3, 0.4) is 0 Å². The van der Waals surface area contributed by atoms with Crippen LogP contribution in [-0.2, 0) is 4.79 Å². The van der Waals surface area contributed by atoms with E-state index in [1.165, 1.54) is 0 Å². The van der Waals surface area contributed by atoms with Crippen molar-refractivity contribution in [1.29, 1.82) is 0 Å². The van der Waals surface area contributed by atoms with Gasteiger partial charge in [0, 0.05) is 17.7 Å². The van der Waals surface area contributed by atoms with Gasteiger partial charge in [0.2, 0.25) is 0 Å². The number of hydrogen-bond donors (Lipinski definition) is 3. The summed E-state index contributed by atoms with van der Waals surface area (Å²) >= 11 is 6.30. The highest BCUT2D eigenvalue weighted by Crippen LogP contribution is 2.47. The van der Waals surface area contributed by atoms with Crippen molar-refractivity contribution in [2.24, 2.45) is 5.41 Å². The highest BCUT2D eigenvalue weighted by molar-refractivity contribution is 6.32. The molecule has 152 valence electrons. The zero-order chi connectivity index (χ0) is 20.8. The Balaban J connectivity index is 1.90. The van der Waals surface area contributed by atoms with Gasteiger partial charge in [0.25, 0.3) is 0 Å². The number of Topliss-reactive ketones (excluding diaryl/α,β-unsaturated/α-hetero) is 1. The number of benzene rings is 2. The Morgan fingerprint density at radius 1 is 1.21 bits per heavy atom. The van der Waals surface area contributed by atoms with Crippen LogP contribution in [0.25, 0.3) is 0 Å². The van der Waals surface area contributed by atoms with Gasteiger partial charge in [-0.1, -0.05) is 37.6 Å². The van der Waals surface area contributed by atoms with Gasteiger partial charge < -0.3 is 20.5 Å². The molecule has 0 saturated heterocycles. The van der Waals surface area contributed by atoms with Crippen LogP contribution < -0.4 is 15.4 Å². The fourth-order valence-electron chi connectivity index (χ4n) is 4.17. The first kappa shape index (κ1) is 19.6. The number of ether oxygens (including phenoxy) is 1. The molecule has 5 nitrogen and oxygen atoms in total. The number of rotatable bonds is 3. The van der Waals surface area contributed by atoms with Crippen molar-refractivity contribution in [3.63, 3.8) is 0 Å². The lowest BCUT2D eigenvalue weighted by Gasteiger charge is -2.34. The molecule has 0 aromatic heterocycles. The Morgan fingerprint density at radius 2 is 1.93 bits per heavy atom. The van der Waals surface area contributed by atoms with Gasteiger partial charge >= 0.3 is 0 Å². The smallest absolute Gasteiger partial charge is 0.176 e. The maximum atomic E-state index is 13.2. The summed E-state index contributed by atoms with van der Waals surface area (Å²) in [7, 11) is 0. The number of anilines is 2. The third-order valence-electron chi connectivity index (χ3n) is 5.41. The molecule has 1 aliphatic heterocycles. The van der Waals surface area contributed by atoms with Crippen molar-refractivity contribution < 1.29 is 14.6 Å². The number of allylic oxidation sites excluding steroid dienone is 1. The van der Waals surface area contributed by atoms with Crippen molar-refractivity contribution in [2.45, 2.75) is 39.7 Å². The molecule has 0 fully saturated rings. The molecular formula is C23H25ClN2O3. The fraction of sp³-hybridized carbons (Fsp3) is 0.348. The molecule has 1 aliphatic carbocycles. The molecule has 29 heavy (non-hydrogen) atoms. The van der Waals surface area contributed by atoms with Crippen molar-refractivity contribution in [3.8, 4) is 11.5 Å². The number of phenolic OH excluding ortho intramolecular Hbond substituents is 1. The quantitative estimate of drug-likeness (QED) is 0.606. The molecule has 2 aromatic rings. The lowest BCUT2D eigenvalue weighted by molar-refractivity contribution is -0.118. The Kier molecular flexibility index (Phi) is 4.95. The predicted octanol–water partition coefficient (Wildman–Crippen LogP) is 5.67. The fourth-order valence-corrected chi connectivity index (χ4v) is 4.38. The minimum absolute atomic E-state index is 0.0882. The van der Waals surface area contributed by atoms with Crippen molar-refractivity contribution in [1.82, 2.24) is 0 Å². The van der Waals surface area contributed by atoms with E-state index in [1.807, 2.05) is 31.2 Å². The van der Waals surface area contributed by atoms with Gasteiger partial charge in [0.05, 0.1) is 29.0 Å².